The predicted molar refractivity (Wildman–Crippen MR) is 108 cm³/mol. The van der Waals surface area contributed by atoms with Gasteiger partial charge in [0.2, 0.25) is 10.0 Å². The normalized spacial score (nSPS) is 12.3. The van der Waals surface area contributed by atoms with E-state index in [9.17, 15) is 18.0 Å². The van der Waals surface area contributed by atoms with Gasteiger partial charge in [0.25, 0.3) is 5.91 Å². The molecule has 0 aliphatic heterocycles. The van der Waals surface area contributed by atoms with Crippen molar-refractivity contribution in [2.45, 2.75) is 37.8 Å². The number of anilines is 1. The quantitative estimate of drug-likeness (QED) is 0.635. The highest BCUT2D eigenvalue weighted by Crippen LogP contribution is 2.23. The van der Waals surface area contributed by atoms with Crippen molar-refractivity contribution in [3.8, 4) is 5.75 Å². The molecule has 1 atom stereocenters. The Labute approximate surface area is 170 Å². The molecule has 0 saturated carbocycles. The van der Waals surface area contributed by atoms with Crippen LogP contribution in [0.2, 0.25) is 0 Å². The van der Waals surface area contributed by atoms with Crippen LogP contribution in [0.25, 0.3) is 0 Å². The Kier molecular flexibility index (Phi) is 7.35. The number of ether oxygens (including phenoxy) is 2. The van der Waals surface area contributed by atoms with Gasteiger partial charge in [-0.15, -0.1) is 0 Å². The van der Waals surface area contributed by atoms with Gasteiger partial charge in [-0.3, -0.25) is 4.79 Å². The molecule has 0 unspecified atom stereocenters. The van der Waals surface area contributed by atoms with Gasteiger partial charge in [-0.05, 0) is 51.1 Å². The number of rotatable bonds is 8. The zero-order valence-electron chi connectivity index (χ0n) is 16.6. The number of methoxy groups -OCH3 is 1. The lowest BCUT2D eigenvalue weighted by molar-refractivity contribution is -0.123. The Balaban J connectivity index is 2.09. The molecule has 29 heavy (non-hydrogen) atoms. The third-order valence-corrected chi connectivity index (χ3v) is 5.45. The number of carbonyl (C=O) groups excluding carboxylic acids is 2. The SMILES string of the molecule is COc1ccccc1NC(=O)[C@H](C)OC(=O)c1cccc(S(=O)(=O)NC(C)C)c1. The molecular formula is C20H24N2O6S. The molecular weight excluding hydrogens is 396 g/mol. The highest BCUT2D eigenvalue weighted by Gasteiger charge is 2.22. The lowest BCUT2D eigenvalue weighted by atomic mass is 10.2. The highest BCUT2D eigenvalue weighted by molar-refractivity contribution is 7.89. The van der Waals surface area contributed by atoms with E-state index in [-0.39, 0.29) is 16.5 Å². The van der Waals surface area contributed by atoms with Crippen LogP contribution in [0.4, 0.5) is 5.69 Å². The van der Waals surface area contributed by atoms with Crippen LogP contribution in [-0.4, -0.2) is 39.5 Å². The van der Waals surface area contributed by atoms with Crippen LogP contribution in [0.15, 0.2) is 53.4 Å². The van der Waals surface area contributed by atoms with Crippen LogP contribution in [-0.2, 0) is 19.6 Å². The second kappa shape index (κ2) is 9.53. The van der Waals surface area contributed by atoms with Crippen LogP contribution in [0, 0.1) is 0 Å². The van der Waals surface area contributed by atoms with E-state index in [1.54, 1.807) is 38.1 Å². The Bertz CT molecular complexity index is 988. The summed E-state index contributed by atoms with van der Waals surface area (Å²) in [6.07, 6.45) is -1.11. The molecule has 1 amide bonds. The number of benzene rings is 2. The molecule has 8 nitrogen and oxygen atoms in total. The van der Waals surface area contributed by atoms with Gasteiger partial charge >= 0.3 is 5.97 Å². The first-order valence-corrected chi connectivity index (χ1v) is 10.4. The molecule has 0 saturated heterocycles. The lowest BCUT2D eigenvalue weighted by Gasteiger charge is -2.15. The molecule has 0 aliphatic rings. The van der Waals surface area contributed by atoms with E-state index in [1.807, 2.05) is 0 Å². The van der Waals surface area contributed by atoms with Crippen LogP contribution in [0.5, 0.6) is 5.75 Å². The van der Waals surface area contributed by atoms with Crippen LogP contribution < -0.4 is 14.8 Å². The number of nitrogens with one attached hydrogen (secondary N) is 2. The summed E-state index contributed by atoms with van der Waals surface area (Å²) in [5.41, 5.74) is 0.462. The number of esters is 1. The van der Waals surface area contributed by atoms with Gasteiger partial charge in [0.1, 0.15) is 5.75 Å². The van der Waals surface area contributed by atoms with E-state index in [4.69, 9.17) is 9.47 Å². The summed E-state index contributed by atoms with van der Waals surface area (Å²) in [6, 6.07) is 12.0. The van der Waals surface area contributed by atoms with Crippen molar-refractivity contribution in [2.75, 3.05) is 12.4 Å². The molecule has 0 bridgehead atoms. The first-order chi connectivity index (χ1) is 13.6. The predicted octanol–water partition coefficient (Wildman–Crippen LogP) is 2.57. The van der Waals surface area contributed by atoms with Crippen molar-refractivity contribution in [2.24, 2.45) is 0 Å². The zero-order valence-corrected chi connectivity index (χ0v) is 17.4. The minimum atomic E-state index is -3.76. The molecule has 0 fully saturated rings. The lowest BCUT2D eigenvalue weighted by Crippen LogP contribution is -2.31. The van der Waals surface area contributed by atoms with E-state index in [1.165, 1.54) is 38.3 Å². The van der Waals surface area contributed by atoms with Gasteiger partial charge in [-0.2, -0.15) is 0 Å². The Morgan fingerprint density at radius 2 is 1.69 bits per heavy atom. The third kappa shape index (κ3) is 6.03. The van der Waals surface area contributed by atoms with Gasteiger partial charge < -0.3 is 14.8 Å². The molecule has 0 heterocycles. The maximum atomic E-state index is 12.4. The topological polar surface area (TPSA) is 111 Å². The summed E-state index contributed by atoms with van der Waals surface area (Å²) in [7, 11) is -2.28. The number of hydrogen-bond acceptors (Lipinski definition) is 6. The number of hydrogen-bond donors (Lipinski definition) is 2. The fourth-order valence-corrected chi connectivity index (χ4v) is 3.73. The van der Waals surface area contributed by atoms with Crippen molar-refractivity contribution >= 4 is 27.6 Å². The fraction of sp³-hybridized carbons (Fsp3) is 0.300. The molecule has 2 N–H and O–H groups in total. The van der Waals surface area contributed by atoms with E-state index in [2.05, 4.69) is 10.0 Å². The fourth-order valence-electron chi connectivity index (χ4n) is 2.43. The van der Waals surface area contributed by atoms with Crippen molar-refractivity contribution < 1.29 is 27.5 Å². The Morgan fingerprint density at radius 3 is 2.34 bits per heavy atom. The highest BCUT2D eigenvalue weighted by atomic mass is 32.2. The van der Waals surface area contributed by atoms with Gasteiger partial charge in [0.15, 0.2) is 6.10 Å². The van der Waals surface area contributed by atoms with Crippen molar-refractivity contribution in [1.82, 2.24) is 4.72 Å². The average molecular weight is 420 g/mol. The number of amides is 1. The first kappa shape index (κ1) is 22.4. The van der Waals surface area contributed by atoms with Crippen molar-refractivity contribution in [3.63, 3.8) is 0 Å². The maximum absolute atomic E-state index is 12.4. The van der Waals surface area contributed by atoms with Gasteiger partial charge in [0.05, 0.1) is 23.3 Å². The minimum Gasteiger partial charge on any atom is -0.495 e. The molecule has 0 spiro atoms. The van der Waals surface area contributed by atoms with E-state index < -0.39 is 28.0 Å². The molecule has 2 rings (SSSR count). The van der Waals surface area contributed by atoms with Crippen LogP contribution in [0.3, 0.4) is 0 Å². The van der Waals surface area contributed by atoms with Crippen LogP contribution in [0.1, 0.15) is 31.1 Å². The zero-order chi connectivity index (χ0) is 21.6. The van der Waals surface area contributed by atoms with E-state index in [0.29, 0.717) is 11.4 Å². The van der Waals surface area contributed by atoms with Gasteiger partial charge in [-0.25, -0.2) is 17.9 Å². The Hall–Kier alpha value is -2.91. The monoisotopic (exact) mass is 420 g/mol. The van der Waals surface area contributed by atoms with Gasteiger partial charge in [-0.1, -0.05) is 18.2 Å². The average Bonchev–Trinajstić information content (AvgIpc) is 2.67. The summed E-state index contributed by atoms with van der Waals surface area (Å²) in [6.45, 7) is 4.80. The minimum absolute atomic E-state index is 0.0218. The number of para-hydroxylation sites is 2. The summed E-state index contributed by atoms with van der Waals surface area (Å²) >= 11 is 0. The second-order valence-corrected chi connectivity index (χ2v) is 8.25. The molecule has 2 aromatic carbocycles. The summed E-state index contributed by atoms with van der Waals surface area (Å²) in [4.78, 5) is 24.7. The number of sulfonamides is 1. The molecule has 9 heteroatoms. The van der Waals surface area contributed by atoms with Crippen molar-refractivity contribution in [3.05, 3.63) is 54.1 Å². The molecule has 0 aliphatic carbocycles. The summed E-state index contributed by atoms with van der Waals surface area (Å²) in [5, 5.41) is 2.63. The second-order valence-electron chi connectivity index (χ2n) is 6.54. The molecule has 0 radical (unpaired) electrons. The van der Waals surface area contributed by atoms with Gasteiger partial charge in [0, 0.05) is 6.04 Å². The number of carbonyl (C=O) groups is 2. The maximum Gasteiger partial charge on any atom is 0.338 e. The van der Waals surface area contributed by atoms with E-state index in [0.717, 1.165) is 0 Å². The molecule has 2 aromatic rings. The first-order valence-electron chi connectivity index (χ1n) is 8.91. The molecule has 0 aromatic heterocycles. The standard InChI is InChI=1S/C20H24N2O6S/c1-13(2)22-29(25,26)16-9-7-8-15(12-16)20(24)28-14(3)19(23)21-17-10-5-6-11-18(17)27-4/h5-14,22H,1-4H3,(H,21,23)/t14-/m0/s1. The summed E-state index contributed by atoms with van der Waals surface area (Å²) in [5.74, 6) is -0.891. The smallest absolute Gasteiger partial charge is 0.338 e. The van der Waals surface area contributed by atoms with E-state index >= 15 is 0 Å². The Morgan fingerprint density at radius 1 is 1.00 bits per heavy atom. The third-order valence-electron chi connectivity index (χ3n) is 3.79. The van der Waals surface area contributed by atoms with Crippen LogP contribution >= 0.6 is 0 Å². The van der Waals surface area contributed by atoms with Crippen molar-refractivity contribution in [1.29, 1.82) is 0 Å². The molecule has 156 valence electrons. The largest absolute Gasteiger partial charge is 0.495 e. The summed E-state index contributed by atoms with van der Waals surface area (Å²) < 4.78 is 37.3.